The van der Waals surface area contributed by atoms with E-state index in [1.807, 2.05) is 11.8 Å². The van der Waals surface area contributed by atoms with E-state index in [-0.39, 0.29) is 5.82 Å². The van der Waals surface area contributed by atoms with Gasteiger partial charge in [0.15, 0.2) is 0 Å². The van der Waals surface area contributed by atoms with Crippen LogP contribution in [0.5, 0.6) is 0 Å². The molecule has 1 saturated carbocycles. The summed E-state index contributed by atoms with van der Waals surface area (Å²) in [5, 5.41) is 4.75. The lowest BCUT2D eigenvalue weighted by Gasteiger charge is -2.28. The fourth-order valence-corrected chi connectivity index (χ4v) is 3.42. The summed E-state index contributed by atoms with van der Waals surface area (Å²) in [6.45, 7) is 0.528. The highest BCUT2D eigenvalue weighted by Gasteiger charge is 2.20. The number of rotatable bonds is 4. The maximum Gasteiger partial charge on any atom is 0.129 e. The van der Waals surface area contributed by atoms with Crippen LogP contribution >= 0.6 is 23.4 Å². The third kappa shape index (κ3) is 3.62. The molecule has 0 aliphatic heterocycles. The molecule has 1 nitrogen and oxygen atoms in total. The summed E-state index contributed by atoms with van der Waals surface area (Å²) < 4.78 is 13.6. The molecule has 100 valence electrons. The molecule has 1 N–H and O–H groups in total. The van der Waals surface area contributed by atoms with Crippen LogP contribution in [0.25, 0.3) is 0 Å². The van der Waals surface area contributed by atoms with Crippen molar-refractivity contribution in [2.24, 2.45) is 0 Å². The second-order valence-corrected chi connectivity index (χ2v) is 6.34. The Morgan fingerprint density at radius 2 is 2.06 bits per heavy atom. The molecule has 1 aliphatic rings. The monoisotopic (exact) mass is 287 g/mol. The Morgan fingerprint density at radius 1 is 1.33 bits per heavy atom. The van der Waals surface area contributed by atoms with Crippen molar-refractivity contribution in [2.75, 3.05) is 6.26 Å². The molecule has 1 aromatic rings. The third-order valence-electron chi connectivity index (χ3n) is 3.64. The zero-order valence-electron chi connectivity index (χ0n) is 10.6. The molecule has 0 spiro atoms. The van der Waals surface area contributed by atoms with E-state index < -0.39 is 0 Å². The maximum absolute atomic E-state index is 13.6. The second-order valence-electron chi connectivity index (χ2n) is 4.79. The van der Waals surface area contributed by atoms with Crippen molar-refractivity contribution >= 4 is 23.4 Å². The summed E-state index contributed by atoms with van der Waals surface area (Å²) >= 11 is 7.97. The average molecular weight is 288 g/mol. The highest BCUT2D eigenvalue weighted by molar-refractivity contribution is 7.99. The van der Waals surface area contributed by atoms with Gasteiger partial charge in [0, 0.05) is 28.4 Å². The van der Waals surface area contributed by atoms with Gasteiger partial charge in [-0.15, -0.1) is 0 Å². The predicted octanol–water partition coefficient (Wildman–Crippen LogP) is 4.24. The van der Waals surface area contributed by atoms with Crippen LogP contribution in [0, 0.1) is 5.82 Å². The van der Waals surface area contributed by atoms with Crippen molar-refractivity contribution in [2.45, 2.75) is 43.5 Å². The van der Waals surface area contributed by atoms with Crippen molar-refractivity contribution < 1.29 is 4.39 Å². The first-order valence-electron chi connectivity index (χ1n) is 6.39. The van der Waals surface area contributed by atoms with Gasteiger partial charge in [-0.1, -0.05) is 17.7 Å². The Bertz CT molecular complexity index is 371. The van der Waals surface area contributed by atoms with Crippen LogP contribution in [0.3, 0.4) is 0 Å². The molecule has 1 fully saturated rings. The molecule has 1 aliphatic carbocycles. The first-order valence-corrected chi connectivity index (χ1v) is 8.06. The van der Waals surface area contributed by atoms with Crippen LogP contribution in [-0.4, -0.2) is 17.5 Å². The highest BCUT2D eigenvalue weighted by Crippen LogP contribution is 2.27. The molecular weight excluding hydrogens is 269 g/mol. The largest absolute Gasteiger partial charge is 0.310 e. The molecule has 0 atom stereocenters. The van der Waals surface area contributed by atoms with Gasteiger partial charge in [-0.25, -0.2) is 4.39 Å². The van der Waals surface area contributed by atoms with Gasteiger partial charge in [0.25, 0.3) is 0 Å². The van der Waals surface area contributed by atoms with Crippen molar-refractivity contribution in [3.8, 4) is 0 Å². The Labute approximate surface area is 117 Å². The zero-order chi connectivity index (χ0) is 13.0. The number of benzene rings is 1. The minimum atomic E-state index is -0.215. The van der Waals surface area contributed by atoms with Gasteiger partial charge in [0.05, 0.1) is 0 Å². The Hall–Kier alpha value is -0.250. The minimum Gasteiger partial charge on any atom is -0.310 e. The maximum atomic E-state index is 13.6. The summed E-state index contributed by atoms with van der Waals surface area (Å²) in [7, 11) is 0. The number of hydrogen-bond donors (Lipinski definition) is 1. The van der Waals surface area contributed by atoms with Gasteiger partial charge < -0.3 is 5.32 Å². The molecule has 4 heteroatoms. The molecule has 1 aromatic carbocycles. The SMILES string of the molecule is CSC1CCC(NCc2c(F)cccc2Cl)CC1. The standard InChI is InChI=1S/C14H19ClFNS/c1-18-11-7-5-10(6-8-11)17-9-12-13(15)3-2-4-14(12)16/h2-4,10-11,17H,5-9H2,1H3. The zero-order valence-corrected chi connectivity index (χ0v) is 12.2. The molecule has 18 heavy (non-hydrogen) atoms. The number of hydrogen-bond acceptors (Lipinski definition) is 2. The summed E-state index contributed by atoms with van der Waals surface area (Å²) in [5.74, 6) is -0.215. The molecule has 0 bridgehead atoms. The van der Waals surface area contributed by atoms with E-state index in [2.05, 4.69) is 11.6 Å². The molecule has 0 aromatic heterocycles. The first kappa shape index (κ1) is 14.2. The number of nitrogens with one attached hydrogen (secondary N) is 1. The summed E-state index contributed by atoms with van der Waals surface area (Å²) in [4.78, 5) is 0. The Kier molecular flexibility index (Phi) is 5.34. The molecular formula is C14H19ClFNS. The molecule has 2 rings (SSSR count). The highest BCUT2D eigenvalue weighted by atomic mass is 35.5. The molecule has 0 heterocycles. The predicted molar refractivity (Wildman–Crippen MR) is 77.8 cm³/mol. The van der Waals surface area contributed by atoms with Crippen LogP contribution in [0.15, 0.2) is 18.2 Å². The van der Waals surface area contributed by atoms with E-state index in [0.717, 1.165) is 5.25 Å². The van der Waals surface area contributed by atoms with Crippen molar-refractivity contribution in [1.82, 2.24) is 5.32 Å². The second kappa shape index (κ2) is 6.78. The van der Waals surface area contributed by atoms with Crippen LogP contribution in [0.1, 0.15) is 31.2 Å². The first-order chi connectivity index (χ1) is 8.70. The van der Waals surface area contributed by atoms with Gasteiger partial charge in [-0.3, -0.25) is 0 Å². The van der Waals surface area contributed by atoms with Crippen LogP contribution < -0.4 is 5.32 Å². The molecule has 0 radical (unpaired) electrons. The molecule has 0 amide bonds. The number of halogens is 2. The fraction of sp³-hybridized carbons (Fsp3) is 0.571. The topological polar surface area (TPSA) is 12.0 Å². The van der Waals surface area contributed by atoms with Gasteiger partial charge in [0.2, 0.25) is 0 Å². The third-order valence-corrected chi connectivity index (χ3v) is 5.13. The van der Waals surface area contributed by atoms with Gasteiger partial charge in [-0.2, -0.15) is 11.8 Å². The van der Waals surface area contributed by atoms with E-state index >= 15 is 0 Å². The summed E-state index contributed by atoms with van der Waals surface area (Å²) in [6, 6.07) is 5.36. The summed E-state index contributed by atoms with van der Waals surface area (Å²) in [5.41, 5.74) is 0.589. The van der Waals surface area contributed by atoms with Gasteiger partial charge in [0.1, 0.15) is 5.82 Å². The van der Waals surface area contributed by atoms with E-state index in [4.69, 9.17) is 11.6 Å². The van der Waals surface area contributed by atoms with Crippen LogP contribution in [0.2, 0.25) is 5.02 Å². The lowest BCUT2D eigenvalue weighted by molar-refractivity contribution is 0.376. The average Bonchev–Trinajstić information content (AvgIpc) is 2.39. The minimum absolute atomic E-state index is 0.215. The van der Waals surface area contributed by atoms with E-state index in [0.29, 0.717) is 23.2 Å². The van der Waals surface area contributed by atoms with E-state index in [1.165, 1.54) is 31.7 Å². The van der Waals surface area contributed by atoms with Gasteiger partial charge >= 0.3 is 0 Å². The van der Waals surface area contributed by atoms with Crippen molar-refractivity contribution in [1.29, 1.82) is 0 Å². The van der Waals surface area contributed by atoms with Crippen molar-refractivity contribution in [3.05, 3.63) is 34.6 Å². The number of thioether (sulfide) groups is 1. The smallest absolute Gasteiger partial charge is 0.129 e. The molecule has 0 saturated heterocycles. The lowest BCUT2D eigenvalue weighted by atomic mass is 9.95. The fourth-order valence-electron chi connectivity index (χ4n) is 2.45. The van der Waals surface area contributed by atoms with Crippen LogP contribution in [-0.2, 0) is 6.54 Å². The lowest BCUT2D eigenvalue weighted by Crippen LogP contribution is -2.33. The molecule has 0 unspecified atom stereocenters. The van der Waals surface area contributed by atoms with Crippen LogP contribution in [0.4, 0.5) is 4.39 Å². The van der Waals surface area contributed by atoms with Crippen molar-refractivity contribution in [3.63, 3.8) is 0 Å². The van der Waals surface area contributed by atoms with E-state index in [1.54, 1.807) is 12.1 Å². The normalized spacial score (nSPS) is 24.2. The van der Waals surface area contributed by atoms with E-state index in [9.17, 15) is 4.39 Å². The summed E-state index contributed by atoms with van der Waals surface area (Å²) in [6.07, 6.45) is 7.04. The Morgan fingerprint density at radius 3 is 2.67 bits per heavy atom. The van der Waals surface area contributed by atoms with Gasteiger partial charge in [-0.05, 0) is 44.1 Å². The Balaban J connectivity index is 1.85. The quantitative estimate of drug-likeness (QED) is 0.889.